The smallest absolute Gasteiger partial charge is 0.340 e. The molecule has 4 nitrogen and oxygen atoms in total. The minimum Gasteiger partial charge on any atom is -0.465 e. The molecule has 0 heterocycles. The summed E-state index contributed by atoms with van der Waals surface area (Å²) in [7, 11) is 1.38. The average molecular weight is 284 g/mol. The van der Waals surface area contributed by atoms with Crippen LogP contribution in [0.25, 0.3) is 0 Å². The number of anilines is 2. The molecular formula is C17H20N2O2. The number of carbonyl (C=O) groups excluding carboxylic acids is 1. The van der Waals surface area contributed by atoms with E-state index in [4.69, 9.17) is 10.5 Å². The molecule has 0 unspecified atom stereocenters. The lowest BCUT2D eigenvalue weighted by Gasteiger charge is -2.25. The van der Waals surface area contributed by atoms with Gasteiger partial charge in [0.05, 0.1) is 18.4 Å². The summed E-state index contributed by atoms with van der Waals surface area (Å²) in [4.78, 5) is 14.1. The fourth-order valence-corrected chi connectivity index (χ4v) is 2.27. The molecule has 0 spiro atoms. The molecule has 0 aliphatic rings. The molecule has 2 rings (SSSR count). The van der Waals surface area contributed by atoms with E-state index in [0.717, 1.165) is 18.8 Å². The van der Waals surface area contributed by atoms with Crippen LogP contribution in [-0.4, -0.2) is 19.6 Å². The van der Waals surface area contributed by atoms with Gasteiger partial charge in [0.15, 0.2) is 0 Å². The lowest BCUT2D eigenvalue weighted by Crippen LogP contribution is -2.24. The Morgan fingerprint density at radius 2 is 1.90 bits per heavy atom. The second-order valence-corrected chi connectivity index (χ2v) is 4.77. The number of esters is 1. The lowest BCUT2D eigenvalue weighted by atomic mass is 10.1. The molecule has 0 aliphatic heterocycles. The maximum Gasteiger partial charge on any atom is 0.340 e. The Balaban J connectivity index is 2.35. The van der Waals surface area contributed by atoms with Crippen LogP contribution in [-0.2, 0) is 11.3 Å². The summed E-state index contributed by atoms with van der Waals surface area (Å²) >= 11 is 0. The zero-order valence-corrected chi connectivity index (χ0v) is 12.4. The van der Waals surface area contributed by atoms with Gasteiger partial charge in [0, 0.05) is 18.8 Å². The van der Waals surface area contributed by atoms with E-state index in [1.807, 2.05) is 24.3 Å². The van der Waals surface area contributed by atoms with Crippen LogP contribution in [0, 0.1) is 0 Å². The zero-order chi connectivity index (χ0) is 15.2. The van der Waals surface area contributed by atoms with Gasteiger partial charge in [-0.15, -0.1) is 0 Å². The van der Waals surface area contributed by atoms with E-state index in [1.165, 1.54) is 12.7 Å². The number of nitrogens with zero attached hydrogens (tertiary/aromatic N) is 1. The number of carbonyl (C=O) groups is 1. The zero-order valence-electron chi connectivity index (χ0n) is 12.4. The summed E-state index contributed by atoms with van der Waals surface area (Å²) in [6, 6.07) is 15.5. The SMILES string of the molecule is CCN(Cc1ccccc1)c1ccc(N)cc1C(=O)OC. The van der Waals surface area contributed by atoms with Gasteiger partial charge < -0.3 is 15.4 Å². The second-order valence-electron chi connectivity index (χ2n) is 4.77. The van der Waals surface area contributed by atoms with Gasteiger partial charge in [-0.25, -0.2) is 4.79 Å². The maximum atomic E-state index is 12.0. The van der Waals surface area contributed by atoms with E-state index in [2.05, 4.69) is 24.0 Å². The first-order valence-electron chi connectivity index (χ1n) is 6.92. The molecule has 0 bridgehead atoms. The van der Waals surface area contributed by atoms with Gasteiger partial charge in [-0.1, -0.05) is 30.3 Å². The molecule has 0 fully saturated rings. The van der Waals surface area contributed by atoms with E-state index in [0.29, 0.717) is 11.3 Å². The molecule has 0 saturated carbocycles. The third-order valence-electron chi connectivity index (χ3n) is 3.36. The number of methoxy groups -OCH3 is 1. The Kier molecular flexibility index (Phi) is 4.82. The average Bonchev–Trinajstić information content (AvgIpc) is 2.53. The Morgan fingerprint density at radius 1 is 1.19 bits per heavy atom. The van der Waals surface area contributed by atoms with Crippen LogP contribution >= 0.6 is 0 Å². The Labute approximate surface area is 125 Å². The molecule has 110 valence electrons. The van der Waals surface area contributed by atoms with Gasteiger partial charge in [0.1, 0.15) is 0 Å². The minimum atomic E-state index is -0.371. The van der Waals surface area contributed by atoms with Crippen molar-refractivity contribution in [3.05, 3.63) is 59.7 Å². The van der Waals surface area contributed by atoms with Crippen LogP contribution in [0.15, 0.2) is 48.5 Å². The lowest BCUT2D eigenvalue weighted by molar-refractivity contribution is 0.0601. The summed E-state index contributed by atoms with van der Waals surface area (Å²) in [5.74, 6) is -0.371. The standard InChI is InChI=1S/C17H20N2O2/c1-3-19(12-13-7-5-4-6-8-13)16-10-9-14(18)11-15(16)17(20)21-2/h4-11H,3,12,18H2,1-2H3. The third-order valence-corrected chi connectivity index (χ3v) is 3.36. The van der Waals surface area contributed by atoms with Crippen molar-refractivity contribution in [3.8, 4) is 0 Å². The molecule has 2 aromatic carbocycles. The fourth-order valence-electron chi connectivity index (χ4n) is 2.27. The summed E-state index contributed by atoms with van der Waals surface area (Å²) in [5.41, 5.74) is 8.86. The minimum absolute atomic E-state index is 0.371. The van der Waals surface area contributed by atoms with Gasteiger partial charge in [-0.3, -0.25) is 0 Å². The normalized spacial score (nSPS) is 10.2. The molecule has 4 heteroatoms. The van der Waals surface area contributed by atoms with Gasteiger partial charge in [0.25, 0.3) is 0 Å². The monoisotopic (exact) mass is 284 g/mol. The van der Waals surface area contributed by atoms with Gasteiger partial charge >= 0.3 is 5.97 Å². The predicted molar refractivity (Wildman–Crippen MR) is 85.4 cm³/mol. The van der Waals surface area contributed by atoms with Crippen molar-refractivity contribution in [2.24, 2.45) is 0 Å². The highest BCUT2D eigenvalue weighted by atomic mass is 16.5. The van der Waals surface area contributed by atoms with Crippen molar-refractivity contribution < 1.29 is 9.53 Å². The van der Waals surface area contributed by atoms with Gasteiger partial charge in [-0.05, 0) is 30.7 Å². The molecule has 0 aromatic heterocycles. The highest BCUT2D eigenvalue weighted by molar-refractivity contribution is 5.96. The molecule has 0 radical (unpaired) electrons. The number of benzene rings is 2. The van der Waals surface area contributed by atoms with E-state index in [-0.39, 0.29) is 5.97 Å². The van der Waals surface area contributed by atoms with Crippen molar-refractivity contribution in [2.45, 2.75) is 13.5 Å². The number of hydrogen-bond acceptors (Lipinski definition) is 4. The highest BCUT2D eigenvalue weighted by Gasteiger charge is 2.17. The number of hydrogen-bond donors (Lipinski definition) is 1. The van der Waals surface area contributed by atoms with Crippen molar-refractivity contribution >= 4 is 17.3 Å². The van der Waals surface area contributed by atoms with E-state index < -0.39 is 0 Å². The number of nitrogen functional groups attached to an aromatic ring is 1. The topological polar surface area (TPSA) is 55.6 Å². The molecule has 0 amide bonds. The second kappa shape index (κ2) is 6.79. The van der Waals surface area contributed by atoms with Gasteiger partial charge in [0.2, 0.25) is 0 Å². The van der Waals surface area contributed by atoms with E-state index in [9.17, 15) is 4.79 Å². The van der Waals surface area contributed by atoms with Crippen LogP contribution in [0.4, 0.5) is 11.4 Å². The van der Waals surface area contributed by atoms with Crippen LogP contribution in [0.1, 0.15) is 22.8 Å². The van der Waals surface area contributed by atoms with Crippen molar-refractivity contribution in [2.75, 3.05) is 24.3 Å². The highest BCUT2D eigenvalue weighted by Crippen LogP contribution is 2.25. The molecule has 0 aliphatic carbocycles. The van der Waals surface area contributed by atoms with Crippen molar-refractivity contribution in [1.82, 2.24) is 0 Å². The first-order chi connectivity index (χ1) is 10.2. The Hall–Kier alpha value is -2.49. The summed E-state index contributed by atoms with van der Waals surface area (Å²) in [6.45, 7) is 3.56. The quantitative estimate of drug-likeness (QED) is 0.677. The first-order valence-corrected chi connectivity index (χ1v) is 6.92. The molecule has 2 aromatic rings. The molecule has 2 N–H and O–H groups in total. The number of nitrogens with two attached hydrogens (primary N) is 1. The Morgan fingerprint density at radius 3 is 2.52 bits per heavy atom. The molecule has 0 saturated heterocycles. The van der Waals surface area contributed by atoms with E-state index >= 15 is 0 Å². The maximum absolute atomic E-state index is 12.0. The molecule has 0 atom stereocenters. The van der Waals surface area contributed by atoms with Crippen LogP contribution in [0.5, 0.6) is 0 Å². The summed E-state index contributed by atoms with van der Waals surface area (Å²) in [5, 5.41) is 0. The summed E-state index contributed by atoms with van der Waals surface area (Å²) < 4.78 is 4.86. The fraction of sp³-hybridized carbons (Fsp3) is 0.235. The van der Waals surface area contributed by atoms with Crippen LogP contribution in [0.2, 0.25) is 0 Å². The molecule has 21 heavy (non-hydrogen) atoms. The van der Waals surface area contributed by atoms with Gasteiger partial charge in [-0.2, -0.15) is 0 Å². The summed E-state index contributed by atoms with van der Waals surface area (Å²) in [6.07, 6.45) is 0. The largest absolute Gasteiger partial charge is 0.465 e. The first kappa shape index (κ1) is 14.9. The third kappa shape index (κ3) is 3.54. The van der Waals surface area contributed by atoms with Crippen LogP contribution in [0.3, 0.4) is 0 Å². The van der Waals surface area contributed by atoms with E-state index in [1.54, 1.807) is 12.1 Å². The van der Waals surface area contributed by atoms with Crippen LogP contribution < -0.4 is 10.6 Å². The van der Waals surface area contributed by atoms with Crippen molar-refractivity contribution in [1.29, 1.82) is 0 Å². The Bertz CT molecular complexity index is 611. The number of ether oxygens (including phenoxy) is 1. The van der Waals surface area contributed by atoms with Crippen molar-refractivity contribution in [3.63, 3.8) is 0 Å². The molecular weight excluding hydrogens is 264 g/mol. The predicted octanol–water partition coefficient (Wildman–Crippen LogP) is 3.08. The number of rotatable bonds is 5.